The van der Waals surface area contributed by atoms with Crippen LogP contribution < -0.4 is 15.3 Å². The highest BCUT2D eigenvalue weighted by Gasteiger charge is 2.22. The largest absolute Gasteiger partial charge is 0.507 e. The minimum absolute atomic E-state index is 0.106. The highest BCUT2D eigenvalue weighted by molar-refractivity contribution is 5.49. The molecule has 0 unspecified atom stereocenters. The standard InChI is InChI=1S/C23H31N3O4/c1-29-20-7-5-19(6-8-20)26-13-11-25(12-14-26)15-18-17-30-23(28)21(22(18)27)16-24-9-3-2-4-10-24/h5-8,17,27H,2-4,9-16H2,1H3. The Morgan fingerprint density at radius 2 is 1.60 bits per heavy atom. The quantitative estimate of drug-likeness (QED) is 0.781. The molecule has 0 aliphatic carbocycles. The zero-order valence-corrected chi connectivity index (χ0v) is 17.7. The van der Waals surface area contributed by atoms with Crippen molar-refractivity contribution in [1.82, 2.24) is 9.80 Å². The number of hydrogen-bond acceptors (Lipinski definition) is 7. The third kappa shape index (κ3) is 4.79. The number of likely N-dealkylation sites (tertiary alicyclic amines) is 1. The Labute approximate surface area is 177 Å². The van der Waals surface area contributed by atoms with Crippen LogP contribution in [0.15, 0.2) is 39.7 Å². The monoisotopic (exact) mass is 413 g/mol. The molecule has 0 saturated carbocycles. The smallest absolute Gasteiger partial charge is 0.343 e. The number of methoxy groups -OCH3 is 1. The van der Waals surface area contributed by atoms with E-state index in [-0.39, 0.29) is 5.75 Å². The molecule has 3 heterocycles. The molecule has 0 spiro atoms. The molecule has 30 heavy (non-hydrogen) atoms. The first-order valence-corrected chi connectivity index (χ1v) is 10.8. The number of nitrogens with zero attached hydrogens (tertiary/aromatic N) is 3. The fourth-order valence-electron chi connectivity index (χ4n) is 4.33. The molecule has 2 aromatic rings. The first-order valence-electron chi connectivity index (χ1n) is 10.8. The maximum absolute atomic E-state index is 12.2. The second-order valence-electron chi connectivity index (χ2n) is 8.17. The number of anilines is 1. The zero-order chi connectivity index (χ0) is 20.9. The van der Waals surface area contributed by atoms with Crippen LogP contribution >= 0.6 is 0 Å². The number of aromatic hydroxyl groups is 1. The van der Waals surface area contributed by atoms with E-state index in [0.717, 1.165) is 57.9 Å². The second-order valence-corrected chi connectivity index (χ2v) is 8.17. The number of piperazine rings is 1. The molecule has 0 atom stereocenters. The second kappa shape index (κ2) is 9.53. The summed E-state index contributed by atoms with van der Waals surface area (Å²) < 4.78 is 10.5. The van der Waals surface area contributed by atoms with Gasteiger partial charge in [-0.1, -0.05) is 6.42 Å². The van der Waals surface area contributed by atoms with Crippen LogP contribution in [0.2, 0.25) is 0 Å². The van der Waals surface area contributed by atoms with Gasteiger partial charge in [-0.15, -0.1) is 0 Å². The minimum Gasteiger partial charge on any atom is -0.507 e. The molecule has 1 aromatic heterocycles. The predicted molar refractivity (Wildman–Crippen MR) is 116 cm³/mol. The van der Waals surface area contributed by atoms with Crippen molar-refractivity contribution < 1.29 is 14.3 Å². The van der Waals surface area contributed by atoms with Crippen molar-refractivity contribution in [2.75, 3.05) is 51.3 Å². The summed E-state index contributed by atoms with van der Waals surface area (Å²) in [5.74, 6) is 0.966. The Kier molecular flexibility index (Phi) is 6.59. The first kappa shape index (κ1) is 20.8. The topological polar surface area (TPSA) is 69.4 Å². The zero-order valence-electron chi connectivity index (χ0n) is 17.7. The van der Waals surface area contributed by atoms with Gasteiger partial charge in [0.15, 0.2) is 0 Å². The number of hydrogen-bond donors (Lipinski definition) is 1. The first-order chi connectivity index (χ1) is 14.6. The van der Waals surface area contributed by atoms with Crippen molar-refractivity contribution in [2.24, 2.45) is 0 Å². The highest BCUT2D eigenvalue weighted by Crippen LogP contribution is 2.25. The van der Waals surface area contributed by atoms with E-state index >= 15 is 0 Å². The lowest BCUT2D eigenvalue weighted by atomic mass is 10.1. The summed E-state index contributed by atoms with van der Waals surface area (Å²) in [6, 6.07) is 8.13. The number of ether oxygens (including phenoxy) is 1. The Hall–Kier alpha value is -2.51. The molecule has 162 valence electrons. The maximum Gasteiger partial charge on any atom is 0.343 e. The summed E-state index contributed by atoms with van der Waals surface area (Å²) in [6.45, 7) is 6.56. The van der Waals surface area contributed by atoms with Crippen LogP contribution in [0.25, 0.3) is 0 Å². The summed E-state index contributed by atoms with van der Waals surface area (Å²) in [4.78, 5) is 19.1. The summed E-state index contributed by atoms with van der Waals surface area (Å²) >= 11 is 0. The van der Waals surface area contributed by atoms with Crippen LogP contribution in [0, 0.1) is 0 Å². The fourth-order valence-corrected chi connectivity index (χ4v) is 4.33. The van der Waals surface area contributed by atoms with E-state index in [2.05, 4.69) is 26.8 Å². The van der Waals surface area contributed by atoms with Crippen LogP contribution in [0.5, 0.6) is 11.5 Å². The van der Waals surface area contributed by atoms with E-state index in [0.29, 0.717) is 24.2 Å². The van der Waals surface area contributed by atoms with Gasteiger partial charge in [-0.25, -0.2) is 4.79 Å². The lowest BCUT2D eigenvalue weighted by Crippen LogP contribution is -2.46. The van der Waals surface area contributed by atoms with Crippen LogP contribution in [0.1, 0.15) is 30.4 Å². The van der Waals surface area contributed by atoms with Gasteiger partial charge in [-0.3, -0.25) is 9.80 Å². The van der Waals surface area contributed by atoms with Crippen LogP contribution in [0.3, 0.4) is 0 Å². The Morgan fingerprint density at radius 3 is 2.27 bits per heavy atom. The van der Waals surface area contributed by atoms with Crippen LogP contribution in [-0.4, -0.2) is 61.3 Å². The van der Waals surface area contributed by atoms with Gasteiger partial charge in [-0.2, -0.15) is 0 Å². The van der Waals surface area contributed by atoms with Crippen molar-refractivity contribution >= 4 is 5.69 Å². The molecule has 7 heteroatoms. The van der Waals surface area contributed by atoms with Crippen LogP contribution in [0.4, 0.5) is 5.69 Å². The molecule has 2 aliphatic heterocycles. The van der Waals surface area contributed by atoms with E-state index in [1.54, 1.807) is 7.11 Å². The fraction of sp³-hybridized carbons (Fsp3) is 0.522. The minimum atomic E-state index is -0.425. The number of rotatable bonds is 6. The van der Waals surface area contributed by atoms with E-state index in [1.807, 2.05) is 12.1 Å². The Balaban J connectivity index is 1.37. The lowest BCUT2D eigenvalue weighted by Gasteiger charge is -2.36. The van der Waals surface area contributed by atoms with Crippen LogP contribution in [-0.2, 0) is 13.1 Å². The van der Waals surface area contributed by atoms with Gasteiger partial charge >= 0.3 is 5.63 Å². The van der Waals surface area contributed by atoms with Crippen molar-refractivity contribution in [3.8, 4) is 11.5 Å². The van der Waals surface area contributed by atoms with Gasteiger partial charge in [0.25, 0.3) is 0 Å². The molecule has 7 nitrogen and oxygen atoms in total. The summed E-state index contributed by atoms with van der Waals surface area (Å²) in [5, 5.41) is 10.8. The third-order valence-electron chi connectivity index (χ3n) is 6.18. The number of benzene rings is 1. The maximum atomic E-state index is 12.2. The molecule has 2 saturated heterocycles. The van der Waals surface area contributed by atoms with Gasteiger partial charge in [0.2, 0.25) is 0 Å². The molecule has 1 N–H and O–H groups in total. The average molecular weight is 414 g/mol. The molecular weight excluding hydrogens is 382 g/mol. The molecule has 1 aromatic carbocycles. The van der Waals surface area contributed by atoms with E-state index < -0.39 is 5.63 Å². The van der Waals surface area contributed by atoms with Crippen molar-refractivity contribution in [3.05, 3.63) is 52.1 Å². The third-order valence-corrected chi connectivity index (χ3v) is 6.18. The SMILES string of the molecule is COc1ccc(N2CCN(Cc3coc(=O)c(CN4CCCCC4)c3O)CC2)cc1. The van der Waals surface area contributed by atoms with E-state index in [1.165, 1.54) is 18.4 Å². The number of piperidine rings is 1. The Bertz CT molecular complexity index is 882. The van der Waals surface area contributed by atoms with Gasteiger partial charge in [0, 0.05) is 50.5 Å². The van der Waals surface area contributed by atoms with Crippen molar-refractivity contribution in [3.63, 3.8) is 0 Å². The van der Waals surface area contributed by atoms with Gasteiger partial charge in [0.05, 0.1) is 12.7 Å². The van der Waals surface area contributed by atoms with E-state index in [9.17, 15) is 9.90 Å². The lowest BCUT2D eigenvalue weighted by molar-refractivity contribution is 0.212. The Morgan fingerprint density at radius 1 is 0.933 bits per heavy atom. The van der Waals surface area contributed by atoms with Gasteiger partial charge in [0.1, 0.15) is 17.8 Å². The molecule has 2 fully saturated rings. The highest BCUT2D eigenvalue weighted by atomic mass is 16.5. The molecular formula is C23H31N3O4. The van der Waals surface area contributed by atoms with Gasteiger partial charge < -0.3 is 19.2 Å². The predicted octanol–water partition coefficient (Wildman–Crippen LogP) is 2.66. The molecule has 0 bridgehead atoms. The van der Waals surface area contributed by atoms with Gasteiger partial charge in [-0.05, 0) is 50.2 Å². The molecule has 0 radical (unpaired) electrons. The summed E-state index contributed by atoms with van der Waals surface area (Å²) in [5.41, 5.74) is 1.85. The molecule has 2 aliphatic rings. The average Bonchev–Trinajstić information content (AvgIpc) is 2.80. The molecule has 4 rings (SSSR count). The summed E-state index contributed by atoms with van der Waals surface area (Å²) in [7, 11) is 1.67. The summed E-state index contributed by atoms with van der Waals surface area (Å²) in [6.07, 6.45) is 4.95. The van der Waals surface area contributed by atoms with E-state index in [4.69, 9.17) is 9.15 Å². The van der Waals surface area contributed by atoms with Crippen molar-refractivity contribution in [2.45, 2.75) is 32.4 Å². The van der Waals surface area contributed by atoms with Crippen molar-refractivity contribution in [1.29, 1.82) is 0 Å². The molecule has 0 amide bonds. The normalized spacial score (nSPS) is 18.5.